The van der Waals surface area contributed by atoms with Crippen molar-refractivity contribution in [2.24, 2.45) is 7.05 Å². The summed E-state index contributed by atoms with van der Waals surface area (Å²) in [6, 6.07) is 9.57. The van der Waals surface area contributed by atoms with Crippen molar-refractivity contribution in [3.8, 4) is 11.3 Å². The minimum absolute atomic E-state index is 0.0112. The van der Waals surface area contributed by atoms with Crippen LogP contribution in [0.5, 0.6) is 0 Å². The maximum absolute atomic E-state index is 12.7. The average molecular weight is 422 g/mol. The van der Waals surface area contributed by atoms with Crippen LogP contribution in [0.2, 0.25) is 5.15 Å². The molecular formula is C18H16ClN3O3S2. The van der Waals surface area contributed by atoms with Crippen LogP contribution < -0.4 is 0 Å². The largest absolute Gasteiger partial charge is 0.481 e. The molecule has 2 aromatic rings. The molecule has 1 fully saturated rings. The third-order valence-corrected chi connectivity index (χ3v) is 5.81. The first kappa shape index (κ1) is 19.6. The highest BCUT2D eigenvalue weighted by Gasteiger charge is 2.32. The van der Waals surface area contributed by atoms with E-state index in [0.717, 1.165) is 5.56 Å². The Kier molecular flexibility index (Phi) is 5.98. The van der Waals surface area contributed by atoms with Gasteiger partial charge in [-0.3, -0.25) is 19.2 Å². The average Bonchev–Trinajstić information content (AvgIpc) is 3.07. The number of amides is 1. The van der Waals surface area contributed by atoms with Gasteiger partial charge >= 0.3 is 5.97 Å². The van der Waals surface area contributed by atoms with Gasteiger partial charge in [0.15, 0.2) is 0 Å². The van der Waals surface area contributed by atoms with Crippen molar-refractivity contribution in [2.75, 3.05) is 6.54 Å². The van der Waals surface area contributed by atoms with Crippen LogP contribution in [-0.2, 0) is 16.6 Å². The summed E-state index contributed by atoms with van der Waals surface area (Å²) in [6.45, 7) is 0.278. The highest BCUT2D eigenvalue weighted by molar-refractivity contribution is 8.26. The normalized spacial score (nSPS) is 15.8. The second-order valence-electron chi connectivity index (χ2n) is 5.87. The molecule has 1 aliphatic rings. The Labute approximate surface area is 170 Å². The van der Waals surface area contributed by atoms with E-state index in [1.807, 2.05) is 30.3 Å². The van der Waals surface area contributed by atoms with Crippen LogP contribution >= 0.6 is 35.6 Å². The molecule has 140 valence electrons. The highest BCUT2D eigenvalue weighted by atomic mass is 35.5. The van der Waals surface area contributed by atoms with Crippen molar-refractivity contribution in [3.05, 3.63) is 46.0 Å². The Hall–Kier alpha value is -2.16. The minimum Gasteiger partial charge on any atom is -0.481 e. The van der Waals surface area contributed by atoms with Gasteiger partial charge in [-0.05, 0) is 12.5 Å². The van der Waals surface area contributed by atoms with Gasteiger partial charge in [0.2, 0.25) is 0 Å². The number of aromatic nitrogens is 2. The molecule has 2 heterocycles. The van der Waals surface area contributed by atoms with E-state index in [-0.39, 0.29) is 18.9 Å². The minimum atomic E-state index is -0.898. The summed E-state index contributed by atoms with van der Waals surface area (Å²) < 4.78 is 1.97. The van der Waals surface area contributed by atoms with Crippen LogP contribution in [0.15, 0.2) is 35.2 Å². The third-order valence-electron chi connectivity index (χ3n) is 3.98. The molecule has 0 aliphatic carbocycles. The first-order valence-corrected chi connectivity index (χ1v) is 9.74. The number of carbonyl (C=O) groups excluding carboxylic acids is 1. The van der Waals surface area contributed by atoms with Crippen LogP contribution in [0.4, 0.5) is 0 Å². The molecule has 9 heteroatoms. The lowest BCUT2D eigenvalue weighted by Gasteiger charge is -2.13. The standard InChI is InChI=1S/C18H16ClN3O3S2/c1-21-16(19)12(15(20-21)11-6-3-2-4-7-11)10-13-17(25)22(18(26)27-13)9-5-8-14(23)24/h2-4,6-7,10H,5,8-9H2,1H3,(H,23,24). The van der Waals surface area contributed by atoms with Gasteiger partial charge in [0.25, 0.3) is 5.91 Å². The predicted octanol–water partition coefficient (Wildman–Crippen LogP) is 3.81. The number of carboxylic acids is 1. The van der Waals surface area contributed by atoms with Crippen molar-refractivity contribution in [2.45, 2.75) is 12.8 Å². The maximum Gasteiger partial charge on any atom is 0.303 e. The van der Waals surface area contributed by atoms with E-state index < -0.39 is 5.97 Å². The van der Waals surface area contributed by atoms with E-state index in [4.69, 9.17) is 28.9 Å². The lowest BCUT2D eigenvalue weighted by Crippen LogP contribution is -2.29. The number of hydrogen-bond acceptors (Lipinski definition) is 5. The number of thiocarbonyl (C=S) groups is 1. The van der Waals surface area contributed by atoms with Crippen molar-refractivity contribution in [1.29, 1.82) is 0 Å². The summed E-state index contributed by atoms with van der Waals surface area (Å²) in [5.74, 6) is -1.14. The second kappa shape index (κ2) is 8.24. The molecule has 1 N–H and O–H groups in total. The molecule has 27 heavy (non-hydrogen) atoms. The Bertz CT molecular complexity index is 941. The van der Waals surface area contributed by atoms with Gasteiger partial charge in [0.1, 0.15) is 15.2 Å². The number of rotatable bonds is 6. The molecule has 1 aromatic carbocycles. The zero-order valence-corrected chi connectivity index (χ0v) is 16.8. The van der Waals surface area contributed by atoms with Crippen molar-refractivity contribution in [3.63, 3.8) is 0 Å². The van der Waals surface area contributed by atoms with Crippen LogP contribution in [-0.4, -0.2) is 42.5 Å². The lowest BCUT2D eigenvalue weighted by molar-refractivity contribution is -0.137. The zero-order chi connectivity index (χ0) is 19.6. The first-order chi connectivity index (χ1) is 12.9. The fourth-order valence-electron chi connectivity index (χ4n) is 2.67. The number of halogens is 1. The topological polar surface area (TPSA) is 75.4 Å². The Balaban J connectivity index is 1.90. The molecule has 1 aromatic heterocycles. The number of benzene rings is 1. The molecular weight excluding hydrogens is 406 g/mol. The van der Waals surface area contributed by atoms with E-state index in [9.17, 15) is 9.59 Å². The Morgan fingerprint density at radius 1 is 1.37 bits per heavy atom. The molecule has 6 nitrogen and oxygen atoms in total. The predicted molar refractivity (Wildman–Crippen MR) is 110 cm³/mol. The van der Waals surface area contributed by atoms with Gasteiger partial charge in [-0.25, -0.2) is 0 Å². The quantitative estimate of drug-likeness (QED) is 0.564. The monoisotopic (exact) mass is 421 g/mol. The van der Waals surface area contributed by atoms with Gasteiger partial charge in [0, 0.05) is 31.1 Å². The molecule has 1 amide bonds. The molecule has 1 aliphatic heterocycles. The smallest absolute Gasteiger partial charge is 0.303 e. The van der Waals surface area contributed by atoms with E-state index in [0.29, 0.717) is 32.1 Å². The Morgan fingerprint density at radius 2 is 2.07 bits per heavy atom. The summed E-state index contributed by atoms with van der Waals surface area (Å²) in [5.41, 5.74) is 2.22. The summed E-state index contributed by atoms with van der Waals surface area (Å²) >= 11 is 12.9. The summed E-state index contributed by atoms with van der Waals surface area (Å²) in [5, 5.41) is 13.6. The summed E-state index contributed by atoms with van der Waals surface area (Å²) in [4.78, 5) is 25.2. The van der Waals surface area contributed by atoms with Gasteiger partial charge in [-0.2, -0.15) is 5.10 Å². The van der Waals surface area contributed by atoms with Gasteiger partial charge in [0.05, 0.1) is 4.91 Å². The van der Waals surface area contributed by atoms with E-state index in [1.165, 1.54) is 16.7 Å². The SMILES string of the molecule is Cn1nc(-c2ccccc2)c(C=C2SC(=S)N(CCCC(=O)O)C2=O)c1Cl. The van der Waals surface area contributed by atoms with Crippen LogP contribution in [0.25, 0.3) is 17.3 Å². The maximum atomic E-state index is 12.7. The molecule has 0 unspecified atom stereocenters. The molecule has 0 bridgehead atoms. The highest BCUT2D eigenvalue weighted by Crippen LogP contribution is 2.36. The van der Waals surface area contributed by atoms with Gasteiger partial charge in [-0.15, -0.1) is 0 Å². The van der Waals surface area contributed by atoms with Gasteiger partial charge in [-0.1, -0.05) is 65.9 Å². The number of carbonyl (C=O) groups is 2. The van der Waals surface area contributed by atoms with Crippen molar-refractivity contribution in [1.82, 2.24) is 14.7 Å². The molecule has 0 atom stereocenters. The molecule has 3 rings (SSSR count). The fourth-order valence-corrected chi connectivity index (χ4v) is 4.14. The number of aryl methyl sites for hydroxylation is 1. The van der Waals surface area contributed by atoms with Gasteiger partial charge < -0.3 is 5.11 Å². The van der Waals surface area contributed by atoms with Crippen LogP contribution in [0, 0.1) is 0 Å². The van der Waals surface area contributed by atoms with Crippen LogP contribution in [0.1, 0.15) is 18.4 Å². The van der Waals surface area contributed by atoms with Crippen molar-refractivity contribution >= 4 is 57.9 Å². The number of carboxylic acid groups (broad SMARTS) is 1. The molecule has 1 saturated heterocycles. The fraction of sp³-hybridized carbons (Fsp3) is 0.222. The van der Waals surface area contributed by atoms with E-state index in [1.54, 1.807) is 17.8 Å². The summed E-state index contributed by atoms with van der Waals surface area (Å²) in [6.07, 6.45) is 2.04. The van der Waals surface area contributed by atoms with E-state index in [2.05, 4.69) is 5.10 Å². The summed E-state index contributed by atoms with van der Waals surface area (Å²) in [7, 11) is 1.74. The number of thioether (sulfide) groups is 1. The molecule has 0 spiro atoms. The molecule has 0 saturated carbocycles. The Morgan fingerprint density at radius 3 is 2.74 bits per heavy atom. The second-order valence-corrected chi connectivity index (χ2v) is 7.91. The number of nitrogens with zero attached hydrogens (tertiary/aromatic N) is 3. The first-order valence-electron chi connectivity index (χ1n) is 8.13. The number of aliphatic carboxylic acids is 1. The lowest BCUT2D eigenvalue weighted by atomic mass is 10.1. The molecule has 0 radical (unpaired) electrons. The van der Waals surface area contributed by atoms with E-state index >= 15 is 0 Å². The van der Waals surface area contributed by atoms with Crippen LogP contribution in [0.3, 0.4) is 0 Å². The van der Waals surface area contributed by atoms with Crippen molar-refractivity contribution < 1.29 is 14.7 Å². The zero-order valence-electron chi connectivity index (χ0n) is 14.4. The third kappa shape index (κ3) is 4.23. The number of hydrogen-bond donors (Lipinski definition) is 1.